The number of aromatic nitrogens is 1. The van der Waals surface area contributed by atoms with E-state index < -0.39 is 11.5 Å². The van der Waals surface area contributed by atoms with Gasteiger partial charge in [0.05, 0.1) is 13.2 Å². The summed E-state index contributed by atoms with van der Waals surface area (Å²) in [5.74, 6) is -0.631. The lowest BCUT2D eigenvalue weighted by atomic mass is 9.93. The Morgan fingerprint density at radius 2 is 1.82 bits per heavy atom. The van der Waals surface area contributed by atoms with Crippen LogP contribution < -0.4 is 4.72 Å². The highest BCUT2D eigenvalue weighted by Gasteiger charge is 2.61. The summed E-state index contributed by atoms with van der Waals surface area (Å²) in [5, 5.41) is 4.13. The second kappa shape index (κ2) is 12.9. The number of halogens is 2. The van der Waals surface area contributed by atoms with E-state index in [-0.39, 0.29) is 30.6 Å². The van der Waals surface area contributed by atoms with Gasteiger partial charge >= 0.3 is 0 Å². The number of carbonyl (C=O) groups excluding carboxylic acids is 1. The zero-order valence-electron chi connectivity index (χ0n) is 26.5. The molecule has 0 radical (unpaired) electrons. The molecule has 2 aromatic carbocycles. The molecule has 2 fully saturated rings. The molecule has 2 atom stereocenters. The molecule has 1 spiro atoms. The van der Waals surface area contributed by atoms with Gasteiger partial charge in [-0.1, -0.05) is 54.9 Å². The molecule has 3 aliphatic rings. The van der Waals surface area contributed by atoms with Crippen molar-refractivity contribution in [1.82, 2.24) is 10.1 Å². The van der Waals surface area contributed by atoms with Crippen molar-refractivity contribution < 1.29 is 22.8 Å². The number of alkyl halides is 2. The van der Waals surface area contributed by atoms with Crippen LogP contribution in [-0.2, 0) is 22.7 Å². The fraction of sp³-hybridized carbons (Fsp3) is 0.514. The van der Waals surface area contributed by atoms with E-state index in [4.69, 9.17) is 14.3 Å². The van der Waals surface area contributed by atoms with Gasteiger partial charge in [-0.15, -0.1) is 0 Å². The van der Waals surface area contributed by atoms with Crippen molar-refractivity contribution in [2.24, 2.45) is 16.8 Å². The number of amides is 1. The van der Waals surface area contributed by atoms with Crippen LogP contribution in [0.1, 0.15) is 81.2 Å². The third-order valence-electron chi connectivity index (χ3n) is 9.60. The predicted molar refractivity (Wildman–Crippen MR) is 173 cm³/mol. The smallest absolute Gasteiger partial charge is 0.256 e. The monoisotopic (exact) mass is 636 g/mol. The Kier molecular flexibility index (Phi) is 9.07. The van der Waals surface area contributed by atoms with Crippen LogP contribution in [0, 0.1) is 25.7 Å². The summed E-state index contributed by atoms with van der Waals surface area (Å²) in [5.41, 5.74) is 4.22. The zero-order valence-corrected chi connectivity index (χ0v) is 27.3. The quantitative estimate of drug-likeness (QED) is 0.200. The summed E-state index contributed by atoms with van der Waals surface area (Å²) in [6.45, 7) is 9.37. The minimum atomic E-state index is -2.62. The molecule has 240 valence electrons. The molecule has 2 aliphatic carbocycles. The molecular formula is C35H42F2N4O3S. The molecule has 1 amide bonds. The van der Waals surface area contributed by atoms with E-state index in [0.29, 0.717) is 44.8 Å². The Bertz CT molecular complexity index is 1570. The van der Waals surface area contributed by atoms with Crippen molar-refractivity contribution in [1.29, 1.82) is 0 Å². The molecule has 2 saturated carbocycles. The maximum absolute atomic E-state index is 14.1. The number of unbranched alkanes of at least 4 members (excludes halogenated alkanes) is 1. The van der Waals surface area contributed by atoms with Gasteiger partial charge in [0, 0.05) is 36.3 Å². The van der Waals surface area contributed by atoms with Gasteiger partial charge in [0.15, 0.2) is 5.82 Å². The highest BCUT2D eigenvalue weighted by Crippen LogP contribution is 2.57. The number of carbonyl (C=O) groups is 1. The van der Waals surface area contributed by atoms with Crippen LogP contribution in [0.2, 0.25) is 0 Å². The van der Waals surface area contributed by atoms with Crippen LogP contribution in [0.25, 0.3) is 11.1 Å². The Labute approximate surface area is 268 Å². The maximum atomic E-state index is 14.1. The third kappa shape index (κ3) is 6.41. The van der Waals surface area contributed by atoms with Gasteiger partial charge in [0.2, 0.25) is 5.92 Å². The van der Waals surface area contributed by atoms with E-state index in [9.17, 15) is 13.6 Å². The summed E-state index contributed by atoms with van der Waals surface area (Å²) in [7, 11) is 0. The van der Waals surface area contributed by atoms with Gasteiger partial charge < -0.3 is 14.0 Å². The molecule has 2 heterocycles. The van der Waals surface area contributed by atoms with Gasteiger partial charge in [0.1, 0.15) is 17.1 Å². The number of rotatable bonds is 12. The molecule has 45 heavy (non-hydrogen) atoms. The minimum absolute atomic E-state index is 0.0204. The van der Waals surface area contributed by atoms with E-state index in [1.54, 1.807) is 0 Å². The lowest BCUT2D eigenvalue weighted by Crippen LogP contribution is -2.41. The molecule has 1 N–H and O–H groups in total. The van der Waals surface area contributed by atoms with Gasteiger partial charge in [-0.3, -0.25) is 14.7 Å². The molecule has 0 bridgehead atoms. The first-order chi connectivity index (χ1) is 21.6. The molecule has 6 rings (SSSR count). The van der Waals surface area contributed by atoms with E-state index in [1.165, 1.54) is 11.9 Å². The zero-order chi connectivity index (χ0) is 31.8. The maximum Gasteiger partial charge on any atom is 0.256 e. The fourth-order valence-electron chi connectivity index (χ4n) is 7.21. The molecule has 1 aromatic heterocycles. The Morgan fingerprint density at radius 1 is 1.07 bits per heavy atom. The standard InChI is InChI=1S/C35H42F2N4O3S/c1-5-7-12-31-38-34(16-26-18-35(36,37)19-27(26)17-34)33(42)41(31)20-24-13-14-28(25(15-24)21-43-6-2)29-10-8-9-11-30(29)45-40-32-22(3)23(4)44-39-32/h8-11,13-15,26-27H,5-7,12,16-21H2,1-4H3,(H,39,40). The Balaban J connectivity index is 1.26. The number of fused-ring (bicyclic) bond motifs is 1. The highest BCUT2D eigenvalue weighted by molar-refractivity contribution is 8.00. The Hall–Kier alpha value is -3.24. The average Bonchev–Trinajstić information content (AvgIpc) is 3.69. The van der Waals surface area contributed by atoms with Gasteiger partial charge in [-0.2, -0.15) is 0 Å². The average molecular weight is 637 g/mol. The largest absolute Gasteiger partial charge is 0.377 e. The fourth-order valence-corrected chi connectivity index (χ4v) is 8.04. The minimum Gasteiger partial charge on any atom is -0.377 e. The number of nitrogens with zero attached hydrogens (tertiary/aromatic N) is 3. The lowest BCUT2D eigenvalue weighted by Gasteiger charge is -2.25. The number of hydrogen-bond acceptors (Lipinski definition) is 7. The van der Waals surface area contributed by atoms with Crippen molar-refractivity contribution in [3.63, 3.8) is 0 Å². The van der Waals surface area contributed by atoms with Crippen molar-refractivity contribution in [2.45, 2.75) is 102 Å². The number of nitrogens with one attached hydrogen (secondary N) is 1. The van der Waals surface area contributed by atoms with E-state index >= 15 is 0 Å². The summed E-state index contributed by atoms with van der Waals surface area (Å²) in [4.78, 5) is 22.0. The summed E-state index contributed by atoms with van der Waals surface area (Å²) in [6, 6.07) is 14.5. The number of aliphatic imine (C=N–C) groups is 1. The first-order valence-corrected chi connectivity index (χ1v) is 16.9. The van der Waals surface area contributed by atoms with Crippen LogP contribution in [0.15, 0.2) is 56.9 Å². The van der Waals surface area contributed by atoms with Gasteiger partial charge in [0.25, 0.3) is 5.91 Å². The van der Waals surface area contributed by atoms with Crippen molar-refractivity contribution >= 4 is 29.5 Å². The van der Waals surface area contributed by atoms with E-state index in [1.807, 2.05) is 37.8 Å². The number of amidine groups is 1. The summed E-state index contributed by atoms with van der Waals surface area (Å²) < 4.78 is 42.8. The number of hydrogen-bond donors (Lipinski definition) is 1. The number of anilines is 1. The molecule has 1 aliphatic heterocycles. The number of benzene rings is 2. The molecule has 0 saturated heterocycles. The first-order valence-electron chi connectivity index (χ1n) is 16.1. The number of ether oxygens (including phenoxy) is 1. The second-order valence-corrected chi connectivity index (χ2v) is 13.6. The summed E-state index contributed by atoms with van der Waals surface area (Å²) in [6.07, 6.45) is 3.24. The topological polar surface area (TPSA) is 80.0 Å². The highest BCUT2D eigenvalue weighted by atomic mass is 32.2. The van der Waals surface area contributed by atoms with Crippen LogP contribution in [-0.4, -0.2) is 39.9 Å². The summed E-state index contributed by atoms with van der Waals surface area (Å²) >= 11 is 1.48. The second-order valence-electron chi connectivity index (χ2n) is 12.8. The van der Waals surface area contributed by atoms with E-state index in [2.05, 4.69) is 47.1 Å². The van der Waals surface area contributed by atoms with Crippen LogP contribution >= 0.6 is 11.9 Å². The van der Waals surface area contributed by atoms with Gasteiger partial charge in [-0.05, 0) is 92.1 Å². The molecular weight excluding hydrogens is 594 g/mol. The number of aryl methyl sites for hydroxylation is 1. The van der Waals surface area contributed by atoms with Crippen molar-refractivity contribution in [3.05, 3.63) is 64.9 Å². The Morgan fingerprint density at radius 3 is 2.51 bits per heavy atom. The molecule has 3 aromatic rings. The van der Waals surface area contributed by atoms with Gasteiger partial charge in [-0.25, -0.2) is 8.78 Å². The molecule has 10 heteroatoms. The SMILES string of the molecule is CCCCC1=NC2(CC3CC(F)(F)CC3C2)C(=O)N1Cc1ccc(-c2ccccc2SNc2noc(C)c2C)c(COCC)c1. The van der Waals surface area contributed by atoms with Crippen molar-refractivity contribution in [3.8, 4) is 11.1 Å². The van der Waals surface area contributed by atoms with E-state index in [0.717, 1.165) is 57.2 Å². The molecule has 7 nitrogen and oxygen atoms in total. The van der Waals surface area contributed by atoms with Crippen LogP contribution in [0.4, 0.5) is 14.6 Å². The van der Waals surface area contributed by atoms with Crippen molar-refractivity contribution in [2.75, 3.05) is 11.3 Å². The molecule has 2 unspecified atom stereocenters. The first kappa shape index (κ1) is 31.7. The third-order valence-corrected chi connectivity index (χ3v) is 10.5. The van der Waals surface area contributed by atoms with Crippen LogP contribution in [0.5, 0.6) is 0 Å². The predicted octanol–water partition coefficient (Wildman–Crippen LogP) is 8.74. The van der Waals surface area contributed by atoms with Crippen LogP contribution in [0.3, 0.4) is 0 Å². The normalized spacial score (nSPS) is 23.6. The lowest BCUT2D eigenvalue weighted by molar-refractivity contribution is -0.132.